The summed E-state index contributed by atoms with van der Waals surface area (Å²) in [6, 6.07) is 2.60. The van der Waals surface area contributed by atoms with Crippen LogP contribution in [-0.2, 0) is 10.0 Å². The van der Waals surface area contributed by atoms with E-state index in [0.29, 0.717) is 5.56 Å². The predicted molar refractivity (Wildman–Crippen MR) is 60.1 cm³/mol. The number of benzene rings is 1. The van der Waals surface area contributed by atoms with Crippen molar-refractivity contribution in [2.45, 2.75) is 24.7 Å². The average molecular weight is 245 g/mol. The minimum Gasteiger partial charge on any atom is -0.508 e. The van der Waals surface area contributed by atoms with Crippen LogP contribution in [0.25, 0.3) is 0 Å². The number of methoxy groups -OCH3 is 1. The SMILES string of the molecule is COc1cc(C(C)C)c(O)cc1S(N)(=O)=O. The number of aromatic hydroxyl groups is 1. The number of primary sulfonamides is 1. The number of rotatable bonds is 3. The number of nitrogens with two attached hydrogens (primary N) is 1. The van der Waals surface area contributed by atoms with E-state index in [1.807, 2.05) is 13.8 Å². The standard InChI is InChI=1S/C10H15NO4S/c1-6(2)7-4-9(15-3)10(5-8(7)12)16(11,13)14/h4-6,12H,1-3H3,(H2,11,13,14). The predicted octanol–water partition coefficient (Wildman–Crippen LogP) is 1.17. The summed E-state index contributed by atoms with van der Waals surface area (Å²) < 4.78 is 27.4. The first kappa shape index (κ1) is 12.8. The smallest absolute Gasteiger partial charge is 0.241 e. The van der Waals surface area contributed by atoms with E-state index in [1.54, 1.807) is 0 Å². The normalized spacial score (nSPS) is 11.8. The van der Waals surface area contributed by atoms with E-state index in [-0.39, 0.29) is 22.3 Å². The van der Waals surface area contributed by atoms with Gasteiger partial charge in [0.25, 0.3) is 0 Å². The highest BCUT2D eigenvalue weighted by atomic mass is 32.2. The first-order valence-electron chi connectivity index (χ1n) is 4.71. The highest BCUT2D eigenvalue weighted by Gasteiger charge is 2.19. The lowest BCUT2D eigenvalue weighted by Gasteiger charge is -2.13. The van der Waals surface area contributed by atoms with Gasteiger partial charge in [0.15, 0.2) is 0 Å². The third-order valence-electron chi connectivity index (χ3n) is 2.24. The fraction of sp³-hybridized carbons (Fsp3) is 0.400. The second kappa shape index (κ2) is 4.31. The van der Waals surface area contributed by atoms with Crippen LogP contribution < -0.4 is 9.88 Å². The van der Waals surface area contributed by atoms with Gasteiger partial charge in [0.1, 0.15) is 16.4 Å². The summed E-state index contributed by atoms with van der Waals surface area (Å²) in [5.41, 5.74) is 0.615. The van der Waals surface area contributed by atoms with Crippen LogP contribution >= 0.6 is 0 Å². The Morgan fingerprint density at radius 3 is 2.31 bits per heavy atom. The molecule has 90 valence electrons. The molecule has 0 bridgehead atoms. The van der Waals surface area contributed by atoms with Gasteiger partial charge in [0.2, 0.25) is 10.0 Å². The van der Waals surface area contributed by atoms with Crippen LogP contribution in [0.1, 0.15) is 25.3 Å². The zero-order chi connectivity index (χ0) is 12.5. The Morgan fingerprint density at radius 2 is 1.94 bits per heavy atom. The van der Waals surface area contributed by atoms with E-state index >= 15 is 0 Å². The van der Waals surface area contributed by atoms with Crippen LogP contribution in [0, 0.1) is 0 Å². The van der Waals surface area contributed by atoms with E-state index in [0.717, 1.165) is 6.07 Å². The van der Waals surface area contributed by atoms with Gasteiger partial charge < -0.3 is 9.84 Å². The van der Waals surface area contributed by atoms with Crippen molar-refractivity contribution in [1.82, 2.24) is 0 Å². The molecular weight excluding hydrogens is 230 g/mol. The van der Waals surface area contributed by atoms with Crippen molar-refractivity contribution in [1.29, 1.82) is 0 Å². The van der Waals surface area contributed by atoms with Crippen molar-refractivity contribution in [3.63, 3.8) is 0 Å². The van der Waals surface area contributed by atoms with E-state index in [1.165, 1.54) is 13.2 Å². The first-order valence-corrected chi connectivity index (χ1v) is 6.25. The molecule has 0 aliphatic rings. The second-order valence-corrected chi connectivity index (χ2v) is 5.29. The largest absolute Gasteiger partial charge is 0.508 e. The molecule has 16 heavy (non-hydrogen) atoms. The lowest BCUT2D eigenvalue weighted by Crippen LogP contribution is -2.13. The number of hydrogen-bond donors (Lipinski definition) is 2. The summed E-state index contributed by atoms with van der Waals surface area (Å²) in [4.78, 5) is -0.211. The molecule has 0 unspecified atom stereocenters. The third-order valence-corrected chi connectivity index (χ3v) is 3.17. The Bertz CT molecular complexity index is 494. The van der Waals surface area contributed by atoms with Crippen LogP contribution in [0.5, 0.6) is 11.5 Å². The second-order valence-electron chi connectivity index (χ2n) is 3.76. The molecule has 3 N–H and O–H groups in total. The maximum Gasteiger partial charge on any atom is 0.241 e. The van der Waals surface area contributed by atoms with Crippen LogP contribution in [-0.4, -0.2) is 20.6 Å². The minimum atomic E-state index is -3.90. The molecular formula is C10H15NO4S. The number of phenols is 1. The summed E-state index contributed by atoms with van der Waals surface area (Å²) >= 11 is 0. The summed E-state index contributed by atoms with van der Waals surface area (Å²) in [6.07, 6.45) is 0. The Kier molecular flexibility index (Phi) is 3.44. The molecule has 0 saturated carbocycles. The van der Waals surface area contributed by atoms with Gasteiger partial charge in [-0.15, -0.1) is 0 Å². The fourth-order valence-corrected chi connectivity index (χ4v) is 2.11. The van der Waals surface area contributed by atoms with Gasteiger partial charge in [0.05, 0.1) is 7.11 Å². The zero-order valence-electron chi connectivity index (χ0n) is 9.39. The number of phenolic OH excluding ortho intramolecular Hbond substituents is 1. The molecule has 0 aromatic heterocycles. The van der Waals surface area contributed by atoms with Crippen LogP contribution in [0.4, 0.5) is 0 Å². The molecule has 0 aliphatic carbocycles. The Hall–Kier alpha value is -1.27. The van der Waals surface area contributed by atoms with E-state index in [9.17, 15) is 13.5 Å². The maximum absolute atomic E-state index is 11.2. The van der Waals surface area contributed by atoms with Gasteiger partial charge in [-0.05, 0) is 12.0 Å². The van der Waals surface area contributed by atoms with E-state index in [4.69, 9.17) is 9.88 Å². The molecule has 0 amide bonds. The summed E-state index contributed by atoms with van der Waals surface area (Å²) in [5, 5.41) is 14.7. The fourth-order valence-electron chi connectivity index (χ4n) is 1.41. The molecule has 5 nitrogen and oxygen atoms in total. The molecule has 0 spiro atoms. The van der Waals surface area contributed by atoms with Gasteiger partial charge in [-0.1, -0.05) is 13.8 Å². The van der Waals surface area contributed by atoms with Crippen molar-refractivity contribution >= 4 is 10.0 Å². The van der Waals surface area contributed by atoms with Crippen molar-refractivity contribution in [2.24, 2.45) is 5.14 Å². The quantitative estimate of drug-likeness (QED) is 0.836. The van der Waals surface area contributed by atoms with Crippen LogP contribution in [0.2, 0.25) is 0 Å². The Labute approximate surface area is 94.9 Å². The van der Waals surface area contributed by atoms with Gasteiger partial charge in [-0.25, -0.2) is 13.6 Å². The minimum absolute atomic E-state index is 0.0587. The van der Waals surface area contributed by atoms with Crippen molar-refractivity contribution in [2.75, 3.05) is 7.11 Å². The van der Waals surface area contributed by atoms with Crippen molar-refractivity contribution < 1.29 is 18.3 Å². The Balaban J connectivity index is 3.51. The van der Waals surface area contributed by atoms with Gasteiger partial charge in [-0.3, -0.25) is 0 Å². The number of hydrogen-bond acceptors (Lipinski definition) is 4. The average Bonchev–Trinajstić information content (AvgIpc) is 2.15. The number of ether oxygens (including phenoxy) is 1. The Morgan fingerprint density at radius 1 is 1.38 bits per heavy atom. The molecule has 1 rings (SSSR count). The molecule has 1 aromatic carbocycles. The first-order chi connectivity index (χ1) is 7.27. The lowest BCUT2D eigenvalue weighted by atomic mass is 10.0. The van der Waals surface area contributed by atoms with Crippen LogP contribution in [0.15, 0.2) is 17.0 Å². The van der Waals surface area contributed by atoms with Crippen molar-refractivity contribution in [3.8, 4) is 11.5 Å². The topological polar surface area (TPSA) is 89.6 Å². The zero-order valence-corrected chi connectivity index (χ0v) is 10.2. The monoisotopic (exact) mass is 245 g/mol. The van der Waals surface area contributed by atoms with E-state index < -0.39 is 10.0 Å². The molecule has 6 heteroatoms. The maximum atomic E-state index is 11.2. The van der Waals surface area contributed by atoms with Gasteiger partial charge in [0, 0.05) is 11.6 Å². The third kappa shape index (κ3) is 2.45. The highest BCUT2D eigenvalue weighted by Crippen LogP contribution is 2.34. The summed E-state index contributed by atoms with van der Waals surface area (Å²) in [6.45, 7) is 3.76. The van der Waals surface area contributed by atoms with E-state index in [2.05, 4.69) is 0 Å². The van der Waals surface area contributed by atoms with Crippen LogP contribution in [0.3, 0.4) is 0 Å². The van der Waals surface area contributed by atoms with Crippen molar-refractivity contribution in [3.05, 3.63) is 17.7 Å². The highest BCUT2D eigenvalue weighted by molar-refractivity contribution is 7.89. The van der Waals surface area contributed by atoms with Gasteiger partial charge in [-0.2, -0.15) is 0 Å². The molecule has 0 fully saturated rings. The molecule has 0 atom stereocenters. The number of sulfonamides is 1. The lowest BCUT2D eigenvalue weighted by molar-refractivity contribution is 0.397. The molecule has 0 heterocycles. The summed E-state index contributed by atoms with van der Waals surface area (Å²) in [7, 11) is -2.54. The summed E-state index contributed by atoms with van der Waals surface area (Å²) in [5.74, 6) is 0.104. The molecule has 0 radical (unpaired) electrons. The molecule has 0 saturated heterocycles. The molecule has 0 aliphatic heterocycles. The van der Waals surface area contributed by atoms with Gasteiger partial charge >= 0.3 is 0 Å². The molecule has 1 aromatic rings.